The number of nitrogens with zero attached hydrogens (tertiary/aromatic N) is 3. The van der Waals surface area contributed by atoms with E-state index in [9.17, 15) is 9.59 Å². The van der Waals surface area contributed by atoms with Crippen LogP contribution in [0.25, 0.3) is 10.9 Å². The van der Waals surface area contributed by atoms with E-state index >= 15 is 0 Å². The van der Waals surface area contributed by atoms with E-state index in [0.717, 1.165) is 33.3 Å². The second-order valence-electron chi connectivity index (χ2n) is 8.67. The van der Waals surface area contributed by atoms with Crippen LogP contribution in [0, 0.1) is 0 Å². The number of para-hydroxylation sites is 2. The molecule has 6 rings (SSSR count). The fourth-order valence-corrected chi connectivity index (χ4v) is 5.35. The molecule has 3 aromatic carbocycles. The minimum absolute atomic E-state index is 0.120. The average molecular weight is 494 g/mol. The summed E-state index contributed by atoms with van der Waals surface area (Å²) in [7, 11) is 0. The summed E-state index contributed by atoms with van der Waals surface area (Å²) in [6.45, 7) is 0.456. The van der Waals surface area contributed by atoms with E-state index in [1.54, 1.807) is 4.90 Å². The van der Waals surface area contributed by atoms with E-state index in [2.05, 4.69) is 10.3 Å². The van der Waals surface area contributed by atoms with Crippen molar-refractivity contribution in [3.63, 3.8) is 0 Å². The molecule has 0 aliphatic carbocycles. The maximum absolute atomic E-state index is 13.6. The summed E-state index contributed by atoms with van der Waals surface area (Å²) in [6, 6.07) is 24.9. The van der Waals surface area contributed by atoms with Crippen molar-refractivity contribution < 1.29 is 9.59 Å². The molecule has 0 fully saturated rings. The van der Waals surface area contributed by atoms with Crippen LogP contribution in [-0.4, -0.2) is 44.5 Å². The van der Waals surface area contributed by atoms with Crippen LogP contribution in [0.5, 0.6) is 0 Å². The zero-order chi connectivity index (χ0) is 24.5. The molecule has 0 saturated carbocycles. The van der Waals surface area contributed by atoms with Crippen LogP contribution in [0.3, 0.4) is 0 Å². The zero-order valence-corrected chi connectivity index (χ0v) is 20.2. The summed E-state index contributed by atoms with van der Waals surface area (Å²) in [6.07, 6.45) is 2.44. The van der Waals surface area contributed by atoms with E-state index in [1.165, 1.54) is 11.8 Å². The first kappa shape index (κ1) is 22.3. The highest BCUT2D eigenvalue weighted by atomic mass is 32.2. The van der Waals surface area contributed by atoms with Crippen LogP contribution >= 0.6 is 11.8 Å². The fraction of sp³-hybridized carbons (Fsp3) is 0.143. The van der Waals surface area contributed by atoms with Gasteiger partial charge in [-0.2, -0.15) is 0 Å². The predicted molar refractivity (Wildman–Crippen MR) is 143 cm³/mol. The molecule has 0 unspecified atom stereocenters. The third-order valence-corrected chi connectivity index (χ3v) is 7.24. The molecule has 0 bridgehead atoms. The van der Waals surface area contributed by atoms with Gasteiger partial charge in [0.05, 0.1) is 11.4 Å². The molecule has 2 aliphatic rings. The molecule has 1 aromatic heterocycles. The Kier molecular flexibility index (Phi) is 5.87. The Bertz CT molecular complexity index is 1530. The summed E-state index contributed by atoms with van der Waals surface area (Å²) in [5.74, 6) is 0.507. The highest BCUT2D eigenvalue weighted by Gasteiger charge is 2.41. The van der Waals surface area contributed by atoms with Gasteiger partial charge >= 0.3 is 0 Å². The Hall–Kier alpha value is -4.17. The molecular weight excluding hydrogens is 470 g/mol. The number of rotatable bonds is 6. The number of carbonyl (C=O) groups is 2. The molecule has 3 heterocycles. The lowest BCUT2D eigenvalue weighted by Crippen LogP contribution is -2.42. The maximum Gasteiger partial charge on any atom is 0.259 e. The Labute approximate surface area is 212 Å². The quantitative estimate of drug-likeness (QED) is 0.417. The van der Waals surface area contributed by atoms with Gasteiger partial charge in [-0.15, -0.1) is 0 Å². The number of fused-ring (bicyclic) bond motifs is 4. The summed E-state index contributed by atoms with van der Waals surface area (Å²) in [5, 5.41) is 4.50. The molecule has 7 nitrogen and oxygen atoms in total. The number of nitrogens with one attached hydrogen (secondary N) is 2. The van der Waals surface area contributed by atoms with Crippen LogP contribution in [-0.2, 0) is 22.6 Å². The summed E-state index contributed by atoms with van der Waals surface area (Å²) >= 11 is 1.25. The normalized spacial score (nSPS) is 16.4. The van der Waals surface area contributed by atoms with E-state index < -0.39 is 6.04 Å². The molecule has 2 amide bonds. The Morgan fingerprint density at radius 3 is 2.67 bits per heavy atom. The number of aromatic nitrogens is 1. The van der Waals surface area contributed by atoms with Crippen molar-refractivity contribution in [2.45, 2.75) is 19.0 Å². The maximum atomic E-state index is 13.6. The topological polar surface area (TPSA) is 89.9 Å². The van der Waals surface area contributed by atoms with Crippen LogP contribution in [0.1, 0.15) is 16.7 Å². The predicted octanol–water partition coefficient (Wildman–Crippen LogP) is 4.42. The lowest BCUT2D eigenvalue weighted by atomic mass is 10.1. The molecule has 0 radical (unpaired) electrons. The lowest BCUT2D eigenvalue weighted by molar-refractivity contribution is -0.124. The number of hydrogen-bond donors (Lipinski definition) is 2. The van der Waals surface area contributed by atoms with E-state index in [0.29, 0.717) is 24.0 Å². The number of benzene rings is 3. The van der Waals surface area contributed by atoms with E-state index in [4.69, 9.17) is 9.98 Å². The molecule has 4 aromatic rings. The van der Waals surface area contributed by atoms with Gasteiger partial charge in [-0.25, -0.2) is 9.89 Å². The highest BCUT2D eigenvalue weighted by Crippen LogP contribution is 2.34. The van der Waals surface area contributed by atoms with Crippen LogP contribution < -0.4 is 5.32 Å². The summed E-state index contributed by atoms with van der Waals surface area (Å²) < 4.78 is 0. The molecule has 0 spiro atoms. The van der Waals surface area contributed by atoms with Crippen LogP contribution in [0.4, 0.5) is 5.69 Å². The number of amidine groups is 2. The largest absolute Gasteiger partial charge is 0.361 e. The number of aliphatic imine (C=N–C) groups is 2. The lowest BCUT2D eigenvalue weighted by Gasteiger charge is -2.25. The molecule has 178 valence electrons. The highest BCUT2D eigenvalue weighted by molar-refractivity contribution is 8.14. The van der Waals surface area contributed by atoms with Crippen molar-refractivity contribution in [3.8, 4) is 0 Å². The van der Waals surface area contributed by atoms with Crippen molar-refractivity contribution in [1.82, 2.24) is 15.2 Å². The standard InChI is InChI=1S/C28H23N5O2S/c34-25(30-15-18-8-2-1-3-9-18)17-36-28-32-23-13-7-5-11-21(23)26-31-24(27(35)33(26)28)14-19-16-29-22-12-6-4-10-20(19)22/h1-13,16,24,29H,14-15,17H2,(H,30,34)/t24-/m1/s1. The van der Waals surface area contributed by atoms with Crippen molar-refractivity contribution in [3.05, 3.63) is 102 Å². The Balaban J connectivity index is 1.22. The smallest absolute Gasteiger partial charge is 0.259 e. The third kappa shape index (κ3) is 4.20. The number of hydrogen-bond acceptors (Lipinski definition) is 5. The van der Waals surface area contributed by atoms with Crippen LogP contribution in [0.15, 0.2) is 95.0 Å². The molecule has 0 saturated heterocycles. The first-order valence-corrected chi connectivity index (χ1v) is 12.7. The minimum atomic E-state index is -0.553. The van der Waals surface area contributed by atoms with E-state index in [-0.39, 0.29) is 17.6 Å². The van der Waals surface area contributed by atoms with Gasteiger partial charge in [0.25, 0.3) is 5.91 Å². The number of aromatic amines is 1. The first-order chi connectivity index (χ1) is 17.7. The van der Waals surface area contributed by atoms with Crippen molar-refractivity contribution in [1.29, 1.82) is 0 Å². The Morgan fingerprint density at radius 2 is 1.78 bits per heavy atom. The van der Waals surface area contributed by atoms with Gasteiger partial charge in [-0.3, -0.25) is 14.6 Å². The van der Waals surface area contributed by atoms with Gasteiger partial charge in [0.15, 0.2) is 5.17 Å². The number of carbonyl (C=O) groups excluding carboxylic acids is 2. The van der Waals surface area contributed by atoms with Crippen molar-refractivity contribution in [2.75, 3.05) is 5.75 Å². The molecule has 36 heavy (non-hydrogen) atoms. The number of H-pyrrole nitrogens is 1. The molecule has 1 atom stereocenters. The van der Waals surface area contributed by atoms with Gasteiger partial charge in [-0.1, -0.05) is 72.4 Å². The summed E-state index contributed by atoms with van der Waals surface area (Å²) in [4.78, 5) is 40.6. The average Bonchev–Trinajstić information content (AvgIpc) is 3.48. The molecule has 2 aliphatic heterocycles. The third-order valence-electron chi connectivity index (χ3n) is 6.30. The first-order valence-electron chi connectivity index (χ1n) is 11.8. The van der Waals surface area contributed by atoms with Gasteiger partial charge in [0, 0.05) is 35.6 Å². The summed E-state index contributed by atoms with van der Waals surface area (Å²) in [5.41, 5.74) is 4.69. The molecular formula is C28H23N5O2S. The number of amides is 2. The second-order valence-corrected chi connectivity index (χ2v) is 9.61. The monoisotopic (exact) mass is 493 g/mol. The van der Waals surface area contributed by atoms with Crippen molar-refractivity contribution in [2.24, 2.45) is 9.98 Å². The van der Waals surface area contributed by atoms with Gasteiger partial charge in [0.2, 0.25) is 5.91 Å². The fourth-order valence-electron chi connectivity index (χ4n) is 4.52. The van der Waals surface area contributed by atoms with E-state index in [1.807, 2.05) is 85.1 Å². The number of thioether (sulfide) groups is 1. The minimum Gasteiger partial charge on any atom is -0.361 e. The molecule has 2 N–H and O–H groups in total. The Morgan fingerprint density at radius 1 is 1.00 bits per heavy atom. The second kappa shape index (κ2) is 9.47. The SMILES string of the molecule is O=C(CSC1=Nc2ccccc2C2=N[C@H](Cc3c[nH]c4ccccc34)C(=O)N12)NCc1ccccc1. The van der Waals surface area contributed by atoms with Gasteiger partial charge in [0.1, 0.15) is 11.9 Å². The molecule has 8 heteroatoms. The zero-order valence-electron chi connectivity index (χ0n) is 19.3. The van der Waals surface area contributed by atoms with Crippen LogP contribution in [0.2, 0.25) is 0 Å². The van der Waals surface area contributed by atoms with Crippen molar-refractivity contribution >= 4 is 51.2 Å². The van der Waals surface area contributed by atoms with Gasteiger partial charge in [-0.05, 0) is 29.3 Å². The van der Waals surface area contributed by atoms with Gasteiger partial charge < -0.3 is 10.3 Å².